The Kier molecular flexibility index (Phi) is 9.63. The maximum Gasteiger partial charge on any atom is 0.191 e. The van der Waals surface area contributed by atoms with E-state index in [1.165, 1.54) is 0 Å². The van der Waals surface area contributed by atoms with Gasteiger partial charge in [0.25, 0.3) is 0 Å². The van der Waals surface area contributed by atoms with E-state index >= 15 is 0 Å². The number of hydrogen-bond donors (Lipinski definition) is 3. The molecule has 0 aliphatic carbocycles. The summed E-state index contributed by atoms with van der Waals surface area (Å²) in [5.41, 5.74) is 0.984. The molecule has 0 aliphatic heterocycles. The normalized spacial score (nSPS) is 11.3. The van der Waals surface area contributed by atoms with E-state index in [4.69, 9.17) is 9.47 Å². The highest BCUT2D eigenvalue weighted by atomic mass is 16.5. The van der Waals surface area contributed by atoms with Crippen molar-refractivity contribution in [2.45, 2.75) is 33.7 Å². The van der Waals surface area contributed by atoms with Gasteiger partial charge in [0.1, 0.15) is 0 Å². The summed E-state index contributed by atoms with van der Waals surface area (Å²) in [5.74, 6) is 1.42. The third-order valence-electron chi connectivity index (χ3n) is 3.05. The Hall–Kier alpha value is -1.95. The summed E-state index contributed by atoms with van der Waals surface area (Å²) in [5, 5.41) is 16.2. The van der Waals surface area contributed by atoms with Crippen molar-refractivity contribution in [3.63, 3.8) is 0 Å². The van der Waals surface area contributed by atoms with Gasteiger partial charge in [0.2, 0.25) is 0 Å². The number of aromatic hydroxyl groups is 1. The van der Waals surface area contributed by atoms with Crippen LogP contribution in [0.5, 0.6) is 11.5 Å². The summed E-state index contributed by atoms with van der Waals surface area (Å²) >= 11 is 0. The van der Waals surface area contributed by atoms with Gasteiger partial charge in [-0.15, -0.1) is 0 Å². The zero-order valence-electron chi connectivity index (χ0n) is 14.4. The first-order valence-corrected chi connectivity index (χ1v) is 8.25. The topological polar surface area (TPSA) is 75.1 Å². The smallest absolute Gasteiger partial charge is 0.191 e. The van der Waals surface area contributed by atoms with Crippen LogP contribution in [0.2, 0.25) is 0 Å². The van der Waals surface area contributed by atoms with E-state index < -0.39 is 0 Å². The SMILES string of the molecule is CCNC(=NCc1ccc(O)c(OCC)c1)NCCCOCC. The summed E-state index contributed by atoms with van der Waals surface area (Å²) in [7, 11) is 0. The van der Waals surface area contributed by atoms with Gasteiger partial charge in [-0.05, 0) is 44.9 Å². The minimum atomic E-state index is 0.153. The summed E-state index contributed by atoms with van der Waals surface area (Å²) in [6.45, 7) is 10.1. The van der Waals surface area contributed by atoms with Gasteiger partial charge in [0, 0.05) is 26.3 Å². The van der Waals surface area contributed by atoms with Gasteiger partial charge in [-0.1, -0.05) is 6.07 Å². The maximum absolute atomic E-state index is 9.72. The maximum atomic E-state index is 9.72. The molecule has 1 aromatic rings. The first-order chi connectivity index (χ1) is 11.2. The number of ether oxygens (including phenoxy) is 2. The Balaban J connectivity index is 2.57. The van der Waals surface area contributed by atoms with Crippen molar-refractivity contribution in [3.05, 3.63) is 23.8 Å². The Bertz CT molecular complexity index is 478. The third kappa shape index (κ3) is 7.74. The molecule has 6 heteroatoms. The van der Waals surface area contributed by atoms with Gasteiger partial charge in [0.15, 0.2) is 17.5 Å². The van der Waals surface area contributed by atoms with Crippen LogP contribution in [-0.4, -0.2) is 44.0 Å². The molecular formula is C17H29N3O3. The molecule has 1 aromatic carbocycles. The highest BCUT2D eigenvalue weighted by Gasteiger charge is 2.04. The number of phenols is 1. The molecule has 0 bridgehead atoms. The number of benzene rings is 1. The fraction of sp³-hybridized carbons (Fsp3) is 0.588. The summed E-state index contributed by atoms with van der Waals surface area (Å²) < 4.78 is 10.7. The van der Waals surface area contributed by atoms with E-state index in [-0.39, 0.29) is 5.75 Å². The number of guanidine groups is 1. The molecule has 0 radical (unpaired) electrons. The predicted molar refractivity (Wildman–Crippen MR) is 93.2 cm³/mol. The van der Waals surface area contributed by atoms with Crippen molar-refractivity contribution in [2.24, 2.45) is 4.99 Å². The van der Waals surface area contributed by atoms with Crippen LogP contribution in [0.4, 0.5) is 0 Å². The lowest BCUT2D eigenvalue weighted by atomic mass is 10.2. The molecule has 0 spiro atoms. The summed E-state index contributed by atoms with van der Waals surface area (Å²) in [6.07, 6.45) is 0.936. The minimum Gasteiger partial charge on any atom is -0.504 e. The summed E-state index contributed by atoms with van der Waals surface area (Å²) in [6, 6.07) is 5.30. The molecule has 1 rings (SSSR count). The van der Waals surface area contributed by atoms with Crippen LogP contribution in [0.25, 0.3) is 0 Å². The molecule has 0 saturated carbocycles. The number of rotatable bonds is 10. The van der Waals surface area contributed by atoms with Gasteiger partial charge in [0.05, 0.1) is 13.2 Å². The molecule has 130 valence electrons. The number of aliphatic imine (C=N–C) groups is 1. The Labute approximate surface area is 138 Å². The van der Waals surface area contributed by atoms with E-state index in [0.29, 0.717) is 18.9 Å². The first-order valence-electron chi connectivity index (χ1n) is 8.25. The van der Waals surface area contributed by atoms with Gasteiger partial charge < -0.3 is 25.2 Å². The fourth-order valence-electron chi connectivity index (χ4n) is 1.97. The highest BCUT2D eigenvalue weighted by Crippen LogP contribution is 2.26. The molecular weight excluding hydrogens is 294 g/mol. The molecule has 0 aliphatic rings. The lowest BCUT2D eigenvalue weighted by molar-refractivity contribution is 0.145. The van der Waals surface area contributed by atoms with E-state index in [1.54, 1.807) is 6.07 Å². The standard InChI is InChI=1S/C17H29N3O3/c1-4-18-17(19-10-7-11-22-5-2)20-13-14-8-9-15(21)16(12-14)23-6-3/h8-9,12,21H,4-7,10-11,13H2,1-3H3,(H2,18,19,20). The van der Waals surface area contributed by atoms with Crippen LogP contribution < -0.4 is 15.4 Å². The predicted octanol–water partition coefficient (Wildman–Crippen LogP) is 2.27. The van der Waals surface area contributed by atoms with Gasteiger partial charge in [-0.3, -0.25) is 0 Å². The molecule has 0 amide bonds. The Morgan fingerprint density at radius 1 is 1.17 bits per heavy atom. The molecule has 6 nitrogen and oxygen atoms in total. The number of nitrogens with zero attached hydrogens (tertiary/aromatic N) is 1. The van der Waals surface area contributed by atoms with Crippen molar-refractivity contribution in [2.75, 3.05) is 32.9 Å². The molecule has 23 heavy (non-hydrogen) atoms. The lowest BCUT2D eigenvalue weighted by Gasteiger charge is -2.12. The minimum absolute atomic E-state index is 0.153. The average Bonchev–Trinajstić information content (AvgIpc) is 2.55. The molecule has 3 N–H and O–H groups in total. The fourth-order valence-corrected chi connectivity index (χ4v) is 1.97. The van der Waals surface area contributed by atoms with Crippen LogP contribution in [-0.2, 0) is 11.3 Å². The highest BCUT2D eigenvalue weighted by molar-refractivity contribution is 5.79. The van der Waals surface area contributed by atoms with Crippen molar-refractivity contribution in [1.82, 2.24) is 10.6 Å². The first kappa shape index (κ1) is 19.1. The zero-order chi connectivity index (χ0) is 16.9. The summed E-state index contributed by atoms with van der Waals surface area (Å²) in [4.78, 5) is 4.55. The van der Waals surface area contributed by atoms with E-state index in [0.717, 1.165) is 44.2 Å². The Morgan fingerprint density at radius 2 is 2.00 bits per heavy atom. The lowest BCUT2D eigenvalue weighted by Crippen LogP contribution is -2.38. The van der Waals surface area contributed by atoms with Gasteiger partial charge in [-0.2, -0.15) is 0 Å². The molecule has 0 atom stereocenters. The van der Waals surface area contributed by atoms with E-state index in [2.05, 4.69) is 15.6 Å². The van der Waals surface area contributed by atoms with Crippen LogP contribution in [0.15, 0.2) is 23.2 Å². The van der Waals surface area contributed by atoms with Gasteiger partial charge >= 0.3 is 0 Å². The second-order valence-electron chi connectivity index (χ2n) is 4.91. The average molecular weight is 323 g/mol. The van der Waals surface area contributed by atoms with E-state index in [9.17, 15) is 5.11 Å². The third-order valence-corrected chi connectivity index (χ3v) is 3.05. The zero-order valence-corrected chi connectivity index (χ0v) is 14.4. The molecule has 0 heterocycles. The number of hydrogen-bond acceptors (Lipinski definition) is 4. The largest absolute Gasteiger partial charge is 0.504 e. The van der Waals surface area contributed by atoms with Crippen LogP contribution in [0, 0.1) is 0 Å². The number of nitrogens with one attached hydrogen (secondary N) is 2. The molecule has 0 unspecified atom stereocenters. The Morgan fingerprint density at radius 3 is 2.70 bits per heavy atom. The van der Waals surface area contributed by atoms with Crippen molar-refractivity contribution < 1.29 is 14.6 Å². The quantitative estimate of drug-likeness (QED) is 0.350. The van der Waals surface area contributed by atoms with E-state index in [1.807, 2.05) is 32.9 Å². The van der Waals surface area contributed by atoms with Crippen LogP contribution >= 0.6 is 0 Å². The van der Waals surface area contributed by atoms with Gasteiger partial charge in [-0.25, -0.2) is 4.99 Å². The van der Waals surface area contributed by atoms with Crippen LogP contribution in [0.1, 0.15) is 32.8 Å². The second-order valence-corrected chi connectivity index (χ2v) is 4.91. The molecule has 0 fully saturated rings. The van der Waals surface area contributed by atoms with Crippen LogP contribution in [0.3, 0.4) is 0 Å². The number of phenolic OH excluding ortho intramolecular Hbond substituents is 1. The van der Waals surface area contributed by atoms with Crippen molar-refractivity contribution in [1.29, 1.82) is 0 Å². The molecule has 0 aromatic heterocycles. The monoisotopic (exact) mass is 323 g/mol. The van der Waals surface area contributed by atoms with Crippen molar-refractivity contribution in [3.8, 4) is 11.5 Å². The molecule has 0 saturated heterocycles. The second kappa shape index (κ2) is 11.6. The van der Waals surface area contributed by atoms with Crippen molar-refractivity contribution >= 4 is 5.96 Å².